The first-order chi connectivity index (χ1) is 13.3. The van der Waals surface area contributed by atoms with E-state index in [0.29, 0.717) is 24.4 Å². The fourth-order valence-corrected chi connectivity index (χ4v) is 4.69. The summed E-state index contributed by atoms with van der Waals surface area (Å²) in [7, 11) is 0. The highest BCUT2D eigenvalue weighted by Gasteiger charge is 2.21. The standard InChI is InChI=1S/C21H21N3O2S/c22-15-7-5-13(6-8-15)10-25-20-19-16(11-27-21(19)24-12-23-20)18-9-14-3-1-2-4-17(14)26-18/h1-4,9,11-13,15H,5-8,10,22H2. The van der Waals surface area contributed by atoms with Gasteiger partial charge in [-0.1, -0.05) is 18.2 Å². The van der Waals surface area contributed by atoms with Crippen LogP contribution < -0.4 is 10.5 Å². The van der Waals surface area contributed by atoms with Gasteiger partial charge in [0.1, 0.15) is 22.5 Å². The van der Waals surface area contributed by atoms with Crippen LogP contribution in [-0.2, 0) is 0 Å². The summed E-state index contributed by atoms with van der Waals surface area (Å²) >= 11 is 1.59. The molecule has 3 aromatic heterocycles. The van der Waals surface area contributed by atoms with Gasteiger partial charge in [0.05, 0.1) is 12.0 Å². The van der Waals surface area contributed by atoms with Crippen LogP contribution in [0.5, 0.6) is 5.88 Å². The molecule has 4 aromatic rings. The van der Waals surface area contributed by atoms with Crippen LogP contribution in [0.2, 0.25) is 0 Å². The fraction of sp³-hybridized carbons (Fsp3) is 0.333. The maximum Gasteiger partial charge on any atom is 0.226 e. The molecule has 5 nitrogen and oxygen atoms in total. The van der Waals surface area contributed by atoms with E-state index in [2.05, 4.69) is 27.5 Å². The molecule has 1 aromatic carbocycles. The molecule has 138 valence electrons. The Labute approximate surface area is 161 Å². The summed E-state index contributed by atoms with van der Waals surface area (Å²) in [5.41, 5.74) is 7.88. The summed E-state index contributed by atoms with van der Waals surface area (Å²) in [6, 6.07) is 10.4. The van der Waals surface area contributed by atoms with Gasteiger partial charge in [0.15, 0.2) is 0 Å². The van der Waals surface area contributed by atoms with E-state index in [-0.39, 0.29) is 0 Å². The molecule has 1 aliphatic carbocycles. The maximum absolute atomic E-state index is 6.16. The Kier molecular flexibility index (Phi) is 4.30. The lowest BCUT2D eigenvalue weighted by atomic mass is 9.87. The van der Waals surface area contributed by atoms with Gasteiger partial charge in [-0.2, -0.15) is 0 Å². The highest BCUT2D eigenvalue weighted by Crippen LogP contribution is 2.39. The number of aromatic nitrogens is 2. The van der Waals surface area contributed by atoms with Crippen molar-refractivity contribution in [3.05, 3.63) is 42.0 Å². The molecule has 0 bridgehead atoms. The average Bonchev–Trinajstić information content (AvgIpc) is 3.31. The fourth-order valence-electron chi connectivity index (χ4n) is 3.80. The van der Waals surface area contributed by atoms with Crippen LogP contribution in [0.15, 0.2) is 46.5 Å². The van der Waals surface area contributed by atoms with Gasteiger partial charge >= 0.3 is 0 Å². The normalized spacial score (nSPS) is 20.3. The predicted octanol–water partition coefficient (Wildman–Crippen LogP) is 5.00. The number of ether oxygens (including phenoxy) is 1. The number of thiophene rings is 1. The van der Waals surface area contributed by atoms with Crippen LogP contribution in [0.25, 0.3) is 32.5 Å². The average molecular weight is 379 g/mol. The van der Waals surface area contributed by atoms with Gasteiger partial charge in [0, 0.05) is 22.4 Å². The highest BCUT2D eigenvalue weighted by atomic mass is 32.1. The summed E-state index contributed by atoms with van der Waals surface area (Å²) in [5, 5.41) is 4.10. The van der Waals surface area contributed by atoms with Gasteiger partial charge in [-0.15, -0.1) is 11.3 Å². The molecule has 27 heavy (non-hydrogen) atoms. The molecule has 0 spiro atoms. The lowest BCUT2D eigenvalue weighted by Gasteiger charge is -2.25. The van der Waals surface area contributed by atoms with Crippen molar-refractivity contribution in [2.75, 3.05) is 6.61 Å². The van der Waals surface area contributed by atoms with Crippen molar-refractivity contribution in [3.63, 3.8) is 0 Å². The van der Waals surface area contributed by atoms with Crippen LogP contribution in [0, 0.1) is 5.92 Å². The third kappa shape index (κ3) is 3.19. The Balaban J connectivity index is 1.47. The summed E-state index contributed by atoms with van der Waals surface area (Å²) in [4.78, 5) is 9.76. The molecule has 0 amide bonds. The van der Waals surface area contributed by atoms with E-state index < -0.39 is 0 Å². The Hall–Kier alpha value is -2.44. The number of para-hydroxylation sites is 1. The molecule has 1 aliphatic rings. The summed E-state index contributed by atoms with van der Waals surface area (Å²) in [5.74, 6) is 2.01. The first-order valence-corrected chi connectivity index (χ1v) is 10.3. The number of hydrogen-bond donors (Lipinski definition) is 1. The molecule has 6 heteroatoms. The van der Waals surface area contributed by atoms with E-state index in [0.717, 1.165) is 58.2 Å². The lowest BCUT2D eigenvalue weighted by molar-refractivity contribution is 0.197. The van der Waals surface area contributed by atoms with E-state index >= 15 is 0 Å². The van der Waals surface area contributed by atoms with Crippen LogP contribution in [0.1, 0.15) is 25.7 Å². The Bertz CT molecular complexity index is 1050. The van der Waals surface area contributed by atoms with Crippen LogP contribution >= 0.6 is 11.3 Å². The van der Waals surface area contributed by atoms with Crippen molar-refractivity contribution in [1.82, 2.24) is 9.97 Å². The largest absolute Gasteiger partial charge is 0.477 e. The van der Waals surface area contributed by atoms with Gasteiger partial charge < -0.3 is 14.9 Å². The molecule has 0 unspecified atom stereocenters. The number of fused-ring (bicyclic) bond motifs is 2. The lowest BCUT2D eigenvalue weighted by Crippen LogP contribution is -2.28. The predicted molar refractivity (Wildman–Crippen MR) is 108 cm³/mol. The number of benzene rings is 1. The van der Waals surface area contributed by atoms with E-state index in [4.69, 9.17) is 14.9 Å². The number of rotatable bonds is 4. The SMILES string of the molecule is NC1CCC(COc2ncnc3scc(-c4cc5ccccc5o4)c23)CC1. The van der Waals surface area contributed by atoms with E-state index in [1.807, 2.05) is 18.2 Å². The third-order valence-electron chi connectivity index (χ3n) is 5.37. The van der Waals surface area contributed by atoms with Crippen LogP contribution in [-0.4, -0.2) is 22.6 Å². The second-order valence-electron chi connectivity index (χ2n) is 7.25. The molecule has 1 fully saturated rings. The van der Waals surface area contributed by atoms with Crippen molar-refractivity contribution in [2.45, 2.75) is 31.7 Å². The topological polar surface area (TPSA) is 74.2 Å². The molecule has 1 saturated carbocycles. The Morgan fingerprint density at radius 3 is 2.85 bits per heavy atom. The first kappa shape index (κ1) is 16.7. The number of hydrogen-bond acceptors (Lipinski definition) is 6. The summed E-state index contributed by atoms with van der Waals surface area (Å²) in [6.07, 6.45) is 5.98. The van der Waals surface area contributed by atoms with Crippen molar-refractivity contribution in [1.29, 1.82) is 0 Å². The minimum atomic E-state index is 0.351. The van der Waals surface area contributed by atoms with Gasteiger partial charge in [0.25, 0.3) is 0 Å². The Morgan fingerprint density at radius 2 is 2.00 bits per heavy atom. The van der Waals surface area contributed by atoms with Crippen molar-refractivity contribution >= 4 is 32.5 Å². The van der Waals surface area contributed by atoms with Gasteiger partial charge in [-0.3, -0.25) is 0 Å². The number of nitrogens with zero attached hydrogens (tertiary/aromatic N) is 2. The van der Waals surface area contributed by atoms with E-state index in [1.165, 1.54) is 0 Å². The van der Waals surface area contributed by atoms with Gasteiger partial charge in [-0.05, 0) is 43.7 Å². The smallest absolute Gasteiger partial charge is 0.226 e. The van der Waals surface area contributed by atoms with Crippen molar-refractivity contribution in [2.24, 2.45) is 11.7 Å². The number of furan rings is 1. The maximum atomic E-state index is 6.16. The van der Waals surface area contributed by atoms with E-state index in [9.17, 15) is 0 Å². The minimum absolute atomic E-state index is 0.351. The van der Waals surface area contributed by atoms with Crippen molar-refractivity contribution in [3.8, 4) is 17.2 Å². The summed E-state index contributed by atoms with van der Waals surface area (Å²) in [6.45, 7) is 0.675. The van der Waals surface area contributed by atoms with Crippen LogP contribution in [0.3, 0.4) is 0 Å². The van der Waals surface area contributed by atoms with E-state index in [1.54, 1.807) is 17.7 Å². The molecule has 3 heterocycles. The second kappa shape index (κ2) is 6.94. The molecular formula is C21H21N3O2S. The molecule has 0 atom stereocenters. The monoisotopic (exact) mass is 379 g/mol. The molecule has 5 rings (SSSR count). The first-order valence-electron chi connectivity index (χ1n) is 9.37. The second-order valence-corrected chi connectivity index (χ2v) is 8.11. The van der Waals surface area contributed by atoms with Gasteiger partial charge in [-0.25, -0.2) is 9.97 Å². The van der Waals surface area contributed by atoms with Gasteiger partial charge in [0.2, 0.25) is 5.88 Å². The zero-order valence-electron chi connectivity index (χ0n) is 14.9. The quantitative estimate of drug-likeness (QED) is 0.540. The number of nitrogens with two attached hydrogens (primary N) is 1. The van der Waals surface area contributed by atoms with Crippen molar-refractivity contribution < 1.29 is 9.15 Å². The molecule has 0 saturated heterocycles. The highest BCUT2D eigenvalue weighted by molar-refractivity contribution is 7.17. The third-order valence-corrected chi connectivity index (χ3v) is 6.26. The summed E-state index contributed by atoms with van der Waals surface area (Å²) < 4.78 is 12.2. The van der Waals surface area contributed by atoms with Crippen LogP contribution in [0.4, 0.5) is 0 Å². The zero-order valence-corrected chi connectivity index (χ0v) is 15.7. The molecule has 2 N–H and O–H groups in total. The minimum Gasteiger partial charge on any atom is -0.477 e. The Morgan fingerprint density at radius 1 is 1.15 bits per heavy atom. The zero-order chi connectivity index (χ0) is 18.2. The molecular weight excluding hydrogens is 358 g/mol. The molecule has 0 radical (unpaired) electrons. The molecule has 0 aliphatic heterocycles.